The van der Waals surface area contributed by atoms with E-state index in [4.69, 9.17) is 5.26 Å². The molecule has 0 radical (unpaired) electrons. The zero-order valence-corrected chi connectivity index (χ0v) is 12.8. The molecule has 5 heteroatoms. The van der Waals surface area contributed by atoms with Crippen LogP contribution in [0.15, 0.2) is 45.6 Å². The number of rotatable bonds is 2. The van der Waals surface area contributed by atoms with Gasteiger partial charge in [-0.1, -0.05) is 12.1 Å². The number of thiophene rings is 1. The second kappa shape index (κ2) is 5.25. The summed E-state index contributed by atoms with van der Waals surface area (Å²) >= 11 is 6.74. The SMILES string of the molecule is N#Cc1cccc(-c2csc(-c3cc(Br)cs3)n2)c1. The predicted molar refractivity (Wildman–Crippen MR) is 83.3 cm³/mol. The molecule has 92 valence electrons. The molecule has 0 N–H and O–H groups in total. The Labute approximate surface area is 127 Å². The molecule has 19 heavy (non-hydrogen) atoms. The van der Waals surface area contributed by atoms with Gasteiger partial charge in [0.05, 0.1) is 22.2 Å². The van der Waals surface area contributed by atoms with Crippen molar-refractivity contribution in [2.45, 2.75) is 0 Å². The highest BCUT2D eigenvalue weighted by Crippen LogP contribution is 2.34. The summed E-state index contributed by atoms with van der Waals surface area (Å²) < 4.78 is 1.08. The van der Waals surface area contributed by atoms with Gasteiger partial charge in [-0.3, -0.25) is 0 Å². The highest BCUT2D eigenvalue weighted by Gasteiger charge is 2.08. The molecular formula is C14H7BrN2S2. The van der Waals surface area contributed by atoms with Crippen LogP contribution < -0.4 is 0 Å². The van der Waals surface area contributed by atoms with Gasteiger partial charge < -0.3 is 0 Å². The summed E-state index contributed by atoms with van der Waals surface area (Å²) in [6, 6.07) is 11.7. The summed E-state index contributed by atoms with van der Waals surface area (Å²) in [5.41, 5.74) is 2.56. The maximum Gasteiger partial charge on any atom is 0.134 e. The number of hydrogen-bond donors (Lipinski definition) is 0. The molecule has 0 amide bonds. The van der Waals surface area contributed by atoms with Crippen molar-refractivity contribution in [2.24, 2.45) is 0 Å². The van der Waals surface area contributed by atoms with Crippen molar-refractivity contribution < 1.29 is 0 Å². The average molecular weight is 347 g/mol. The fraction of sp³-hybridized carbons (Fsp3) is 0. The molecule has 0 fully saturated rings. The number of nitrogens with zero attached hydrogens (tertiary/aromatic N) is 2. The lowest BCUT2D eigenvalue weighted by Crippen LogP contribution is -1.80. The maximum atomic E-state index is 8.92. The molecule has 0 aliphatic carbocycles. The Balaban J connectivity index is 1.99. The van der Waals surface area contributed by atoms with Gasteiger partial charge in [0.15, 0.2) is 0 Å². The quantitative estimate of drug-likeness (QED) is 0.641. The third-order valence-electron chi connectivity index (χ3n) is 2.57. The molecule has 0 unspecified atom stereocenters. The molecule has 0 spiro atoms. The molecule has 2 aromatic heterocycles. The molecule has 3 rings (SSSR count). The Morgan fingerprint density at radius 2 is 2.05 bits per heavy atom. The number of thiazole rings is 1. The van der Waals surface area contributed by atoms with Crippen molar-refractivity contribution in [1.82, 2.24) is 4.98 Å². The number of halogens is 1. The summed E-state index contributed by atoms with van der Waals surface area (Å²) in [6.07, 6.45) is 0. The topological polar surface area (TPSA) is 36.7 Å². The largest absolute Gasteiger partial charge is 0.235 e. The molecule has 2 nitrogen and oxygen atoms in total. The monoisotopic (exact) mass is 346 g/mol. The van der Waals surface area contributed by atoms with Crippen LogP contribution in [0.5, 0.6) is 0 Å². The van der Waals surface area contributed by atoms with E-state index in [1.165, 1.54) is 0 Å². The minimum absolute atomic E-state index is 0.658. The molecule has 0 saturated carbocycles. The molecule has 1 aromatic carbocycles. The Bertz CT molecular complexity index is 768. The van der Waals surface area contributed by atoms with Gasteiger partial charge in [-0.25, -0.2) is 4.98 Å². The number of nitriles is 1. The molecule has 0 saturated heterocycles. The van der Waals surface area contributed by atoms with Crippen molar-refractivity contribution in [3.05, 3.63) is 51.1 Å². The highest BCUT2D eigenvalue weighted by molar-refractivity contribution is 9.10. The van der Waals surface area contributed by atoms with E-state index in [2.05, 4.69) is 33.0 Å². The molecular weight excluding hydrogens is 340 g/mol. The van der Waals surface area contributed by atoms with Gasteiger partial charge >= 0.3 is 0 Å². The maximum absolute atomic E-state index is 8.92. The van der Waals surface area contributed by atoms with Crippen molar-refractivity contribution in [1.29, 1.82) is 5.26 Å². The normalized spacial score (nSPS) is 10.3. The first kappa shape index (κ1) is 12.5. The van der Waals surface area contributed by atoms with E-state index in [1.54, 1.807) is 28.7 Å². The fourth-order valence-corrected chi connectivity index (χ4v) is 4.03. The van der Waals surface area contributed by atoms with Crippen molar-refractivity contribution in [2.75, 3.05) is 0 Å². The minimum Gasteiger partial charge on any atom is -0.235 e. The Kier molecular flexibility index (Phi) is 3.47. The van der Waals surface area contributed by atoms with Gasteiger partial charge in [0.25, 0.3) is 0 Å². The van der Waals surface area contributed by atoms with Gasteiger partial charge in [-0.2, -0.15) is 5.26 Å². The first-order valence-corrected chi connectivity index (χ1v) is 8.02. The van der Waals surface area contributed by atoms with Crippen LogP contribution in [0.25, 0.3) is 21.1 Å². The van der Waals surface area contributed by atoms with E-state index < -0.39 is 0 Å². The molecule has 0 aliphatic heterocycles. The highest BCUT2D eigenvalue weighted by atomic mass is 79.9. The average Bonchev–Trinajstić information content (AvgIpc) is 3.07. The standard InChI is InChI=1S/C14H7BrN2S2/c15-11-5-13(18-7-11)14-17-12(8-19-14)10-3-1-2-9(4-10)6-16/h1-5,7-8H. The second-order valence-corrected chi connectivity index (χ2v) is 6.54. The van der Waals surface area contributed by atoms with E-state index in [9.17, 15) is 0 Å². The Morgan fingerprint density at radius 3 is 2.79 bits per heavy atom. The third-order valence-corrected chi connectivity index (χ3v) is 5.27. The summed E-state index contributed by atoms with van der Waals surface area (Å²) in [5, 5.41) is 14.0. The van der Waals surface area contributed by atoms with Crippen molar-refractivity contribution in [3.8, 4) is 27.2 Å². The predicted octanol–water partition coefficient (Wildman–Crippen LogP) is 5.17. The van der Waals surface area contributed by atoms with Crippen LogP contribution >= 0.6 is 38.6 Å². The fourth-order valence-electron chi connectivity index (χ4n) is 1.69. The first-order valence-electron chi connectivity index (χ1n) is 5.47. The van der Waals surface area contributed by atoms with Gasteiger partial charge in [-0.15, -0.1) is 22.7 Å². The van der Waals surface area contributed by atoms with Crippen LogP contribution in [0.2, 0.25) is 0 Å². The minimum atomic E-state index is 0.658. The number of hydrogen-bond acceptors (Lipinski definition) is 4. The van der Waals surface area contributed by atoms with Crippen LogP contribution in [0, 0.1) is 11.3 Å². The van der Waals surface area contributed by atoms with E-state index in [0.717, 1.165) is 25.6 Å². The Morgan fingerprint density at radius 1 is 1.16 bits per heavy atom. The Hall–Kier alpha value is -1.48. The molecule has 0 atom stereocenters. The van der Waals surface area contributed by atoms with Crippen molar-refractivity contribution in [3.63, 3.8) is 0 Å². The summed E-state index contributed by atoms with van der Waals surface area (Å²) in [6.45, 7) is 0. The van der Waals surface area contributed by atoms with E-state index in [0.29, 0.717) is 5.56 Å². The van der Waals surface area contributed by atoms with Crippen LogP contribution in [-0.4, -0.2) is 4.98 Å². The first-order chi connectivity index (χ1) is 9.26. The molecule has 3 aromatic rings. The number of benzene rings is 1. The number of aromatic nitrogens is 1. The van der Waals surface area contributed by atoms with E-state index >= 15 is 0 Å². The van der Waals surface area contributed by atoms with Crippen LogP contribution in [0.3, 0.4) is 0 Å². The zero-order chi connectivity index (χ0) is 13.2. The van der Waals surface area contributed by atoms with E-state index in [1.807, 2.05) is 29.0 Å². The van der Waals surface area contributed by atoms with Crippen LogP contribution in [-0.2, 0) is 0 Å². The van der Waals surface area contributed by atoms with E-state index in [-0.39, 0.29) is 0 Å². The van der Waals surface area contributed by atoms with Crippen LogP contribution in [0.1, 0.15) is 5.56 Å². The van der Waals surface area contributed by atoms with Gasteiger partial charge in [0, 0.05) is 20.8 Å². The smallest absolute Gasteiger partial charge is 0.134 e. The lowest BCUT2D eigenvalue weighted by molar-refractivity contribution is 1.40. The lowest BCUT2D eigenvalue weighted by Gasteiger charge is -1.96. The van der Waals surface area contributed by atoms with Gasteiger partial charge in [-0.05, 0) is 34.1 Å². The van der Waals surface area contributed by atoms with Gasteiger partial charge in [0.2, 0.25) is 0 Å². The molecule has 2 heterocycles. The third kappa shape index (κ3) is 2.61. The van der Waals surface area contributed by atoms with Gasteiger partial charge in [0.1, 0.15) is 5.01 Å². The summed E-state index contributed by atoms with van der Waals surface area (Å²) in [4.78, 5) is 5.79. The summed E-state index contributed by atoms with van der Waals surface area (Å²) in [7, 11) is 0. The van der Waals surface area contributed by atoms with Crippen LogP contribution in [0.4, 0.5) is 0 Å². The lowest BCUT2D eigenvalue weighted by atomic mass is 10.1. The molecule has 0 aliphatic rings. The van der Waals surface area contributed by atoms with Crippen molar-refractivity contribution >= 4 is 38.6 Å². The zero-order valence-electron chi connectivity index (χ0n) is 9.63. The summed E-state index contributed by atoms with van der Waals surface area (Å²) in [5.74, 6) is 0. The second-order valence-electron chi connectivity index (χ2n) is 3.86. The molecule has 0 bridgehead atoms.